The van der Waals surface area contributed by atoms with Gasteiger partial charge in [0, 0.05) is 18.1 Å². The van der Waals surface area contributed by atoms with Crippen LogP contribution in [0.5, 0.6) is 5.75 Å². The molecule has 2 amide bonds. The van der Waals surface area contributed by atoms with Crippen molar-refractivity contribution in [3.63, 3.8) is 0 Å². The second-order valence-electron chi connectivity index (χ2n) is 5.82. The maximum Gasteiger partial charge on any atom is 0.261 e. The number of likely N-dealkylation sites (N-methyl/N-ethyl adjacent to an activating group) is 1. The molecule has 0 saturated heterocycles. The van der Waals surface area contributed by atoms with E-state index >= 15 is 0 Å². The molecule has 6 heteroatoms. The minimum absolute atomic E-state index is 0.155. The molecule has 1 N–H and O–H groups in total. The highest BCUT2D eigenvalue weighted by atomic mass is 35.5. The van der Waals surface area contributed by atoms with Gasteiger partial charge in [-0.25, -0.2) is 0 Å². The maximum absolute atomic E-state index is 12.7. The molecule has 26 heavy (non-hydrogen) atoms. The van der Waals surface area contributed by atoms with E-state index in [-0.39, 0.29) is 18.4 Å². The summed E-state index contributed by atoms with van der Waals surface area (Å²) >= 11 is 5.85. The van der Waals surface area contributed by atoms with E-state index in [9.17, 15) is 9.59 Å². The number of hydrogen-bond donors (Lipinski definition) is 1. The van der Waals surface area contributed by atoms with Crippen molar-refractivity contribution in [2.24, 2.45) is 0 Å². The summed E-state index contributed by atoms with van der Waals surface area (Å²) in [6.07, 6.45) is 0. The molecule has 0 unspecified atom stereocenters. The van der Waals surface area contributed by atoms with Crippen molar-refractivity contribution >= 4 is 23.4 Å². The summed E-state index contributed by atoms with van der Waals surface area (Å²) in [7, 11) is 0. The number of ether oxygens (including phenoxy) is 1. The Kier molecular flexibility index (Phi) is 7.48. The molecule has 1 atom stereocenters. The lowest BCUT2D eigenvalue weighted by Crippen LogP contribution is -2.49. The van der Waals surface area contributed by atoms with Gasteiger partial charge in [-0.3, -0.25) is 9.59 Å². The van der Waals surface area contributed by atoms with Crippen LogP contribution in [-0.2, 0) is 16.1 Å². The second-order valence-corrected chi connectivity index (χ2v) is 6.26. The van der Waals surface area contributed by atoms with Crippen molar-refractivity contribution in [2.75, 3.05) is 13.2 Å². The first-order valence-corrected chi connectivity index (χ1v) is 8.88. The number of nitrogens with zero attached hydrogens (tertiary/aromatic N) is 1. The van der Waals surface area contributed by atoms with Crippen LogP contribution >= 0.6 is 11.6 Å². The highest BCUT2D eigenvalue weighted by Crippen LogP contribution is 2.16. The number of carbonyl (C=O) groups is 2. The minimum atomic E-state index is -0.600. The lowest BCUT2D eigenvalue weighted by atomic mass is 10.1. The predicted molar refractivity (Wildman–Crippen MR) is 102 cm³/mol. The van der Waals surface area contributed by atoms with Gasteiger partial charge in [-0.1, -0.05) is 41.9 Å². The molecular weight excluding hydrogens is 352 g/mol. The molecule has 0 aliphatic heterocycles. The van der Waals surface area contributed by atoms with Crippen LogP contribution in [0, 0.1) is 0 Å². The monoisotopic (exact) mass is 374 g/mol. The summed E-state index contributed by atoms with van der Waals surface area (Å²) in [4.78, 5) is 26.5. The van der Waals surface area contributed by atoms with Crippen LogP contribution in [0.1, 0.15) is 19.4 Å². The Balaban J connectivity index is 2.09. The number of amides is 2. The Morgan fingerprint density at radius 3 is 2.38 bits per heavy atom. The minimum Gasteiger partial charge on any atom is -0.484 e. The zero-order valence-corrected chi connectivity index (χ0v) is 15.7. The van der Waals surface area contributed by atoms with Crippen LogP contribution < -0.4 is 10.1 Å². The topological polar surface area (TPSA) is 58.6 Å². The van der Waals surface area contributed by atoms with Crippen molar-refractivity contribution in [3.05, 3.63) is 65.2 Å². The summed E-state index contributed by atoms with van der Waals surface area (Å²) in [5.41, 5.74) is 0.948. The third kappa shape index (κ3) is 5.77. The molecule has 138 valence electrons. The molecule has 2 aromatic carbocycles. The van der Waals surface area contributed by atoms with Crippen molar-refractivity contribution in [3.8, 4) is 5.75 Å². The molecule has 2 rings (SSSR count). The van der Waals surface area contributed by atoms with E-state index < -0.39 is 6.04 Å². The number of halogens is 1. The van der Waals surface area contributed by atoms with Crippen molar-refractivity contribution in [1.82, 2.24) is 10.2 Å². The van der Waals surface area contributed by atoms with E-state index in [2.05, 4.69) is 5.32 Å². The molecule has 0 heterocycles. The first-order valence-electron chi connectivity index (χ1n) is 8.50. The van der Waals surface area contributed by atoms with E-state index in [1.165, 1.54) is 4.90 Å². The number of carbonyl (C=O) groups excluding carboxylic acids is 2. The van der Waals surface area contributed by atoms with E-state index in [4.69, 9.17) is 16.3 Å². The van der Waals surface area contributed by atoms with Crippen molar-refractivity contribution in [1.29, 1.82) is 0 Å². The van der Waals surface area contributed by atoms with E-state index in [0.29, 0.717) is 23.9 Å². The Labute approximate surface area is 158 Å². The van der Waals surface area contributed by atoms with Gasteiger partial charge in [0.15, 0.2) is 6.61 Å². The average Bonchev–Trinajstić information content (AvgIpc) is 2.66. The summed E-state index contributed by atoms with van der Waals surface area (Å²) in [6, 6.07) is 15.7. The number of rotatable bonds is 8. The number of benzene rings is 2. The zero-order valence-electron chi connectivity index (χ0n) is 14.9. The largest absolute Gasteiger partial charge is 0.484 e. The quantitative estimate of drug-likeness (QED) is 0.771. The van der Waals surface area contributed by atoms with Gasteiger partial charge in [-0.05, 0) is 43.7 Å². The molecule has 0 bridgehead atoms. The summed E-state index contributed by atoms with van der Waals surface area (Å²) in [5, 5.41) is 3.35. The van der Waals surface area contributed by atoms with Crippen molar-refractivity contribution < 1.29 is 14.3 Å². The van der Waals surface area contributed by atoms with Gasteiger partial charge in [-0.2, -0.15) is 0 Å². The molecule has 0 saturated carbocycles. The van der Waals surface area contributed by atoms with Crippen molar-refractivity contribution in [2.45, 2.75) is 26.4 Å². The van der Waals surface area contributed by atoms with E-state index in [1.54, 1.807) is 31.2 Å². The normalized spacial score (nSPS) is 11.5. The fourth-order valence-corrected chi connectivity index (χ4v) is 2.57. The van der Waals surface area contributed by atoms with Crippen LogP contribution in [0.2, 0.25) is 5.02 Å². The Hall–Kier alpha value is -2.53. The highest BCUT2D eigenvalue weighted by molar-refractivity contribution is 6.30. The fraction of sp³-hybridized carbons (Fsp3) is 0.300. The lowest BCUT2D eigenvalue weighted by molar-refractivity contribution is -0.142. The Bertz CT molecular complexity index is 720. The lowest BCUT2D eigenvalue weighted by Gasteiger charge is -2.28. The molecule has 0 fully saturated rings. The molecule has 0 radical (unpaired) electrons. The molecule has 2 aromatic rings. The van der Waals surface area contributed by atoms with Gasteiger partial charge in [0.1, 0.15) is 11.8 Å². The summed E-state index contributed by atoms with van der Waals surface area (Å²) < 4.78 is 5.55. The smallest absolute Gasteiger partial charge is 0.261 e. The number of nitrogens with one attached hydrogen (secondary N) is 1. The number of hydrogen-bond acceptors (Lipinski definition) is 3. The summed E-state index contributed by atoms with van der Waals surface area (Å²) in [6.45, 7) is 4.25. The van der Waals surface area contributed by atoms with Crippen LogP contribution in [0.3, 0.4) is 0 Å². The van der Waals surface area contributed by atoms with Crippen LogP contribution in [0.4, 0.5) is 0 Å². The van der Waals surface area contributed by atoms with Gasteiger partial charge in [-0.15, -0.1) is 0 Å². The third-order valence-corrected chi connectivity index (χ3v) is 4.14. The first kappa shape index (κ1) is 19.8. The molecule has 0 aliphatic carbocycles. The standard InChI is InChI=1S/C20H23ClN2O3/c1-3-22-20(25)15(2)23(13-16-7-5-4-6-8-16)19(24)14-26-18-11-9-17(21)10-12-18/h4-12,15H,3,13-14H2,1-2H3,(H,22,25)/t15-/m0/s1. The third-order valence-electron chi connectivity index (χ3n) is 3.89. The molecular formula is C20H23ClN2O3. The predicted octanol–water partition coefficient (Wildman–Crippen LogP) is 3.27. The van der Waals surface area contributed by atoms with Gasteiger partial charge in [0.2, 0.25) is 5.91 Å². The first-order chi connectivity index (χ1) is 12.5. The van der Waals surface area contributed by atoms with E-state index in [0.717, 1.165) is 5.56 Å². The Morgan fingerprint density at radius 1 is 1.12 bits per heavy atom. The van der Waals surface area contributed by atoms with Gasteiger partial charge < -0.3 is 15.0 Å². The van der Waals surface area contributed by atoms with Gasteiger partial charge in [0.25, 0.3) is 5.91 Å². The SMILES string of the molecule is CCNC(=O)[C@H](C)N(Cc1ccccc1)C(=O)COc1ccc(Cl)cc1. The fourth-order valence-electron chi connectivity index (χ4n) is 2.44. The molecule has 5 nitrogen and oxygen atoms in total. The highest BCUT2D eigenvalue weighted by Gasteiger charge is 2.26. The molecule has 0 aliphatic rings. The second kappa shape index (κ2) is 9.82. The molecule has 0 aromatic heterocycles. The van der Waals surface area contributed by atoms with Gasteiger partial charge in [0.05, 0.1) is 0 Å². The molecule has 0 spiro atoms. The maximum atomic E-state index is 12.7. The summed E-state index contributed by atoms with van der Waals surface area (Å²) in [5.74, 6) is 0.0962. The Morgan fingerprint density at radius 2 is 1.77 bits per heavy atom. The van der Waals surface area contributed by atoms with E-state index in [1.807, 2.05) is 37.3 Å². The zero-order chi connectivity index (χ0) is 18.9. The van der Waals surface area contributed by atoms with Gasteiger partial charge >= 0.3 is 0 Å². The van der Waals surface area contributed by atoms with Crippen LogP contribution in [0.25, 0.3) is 0 Å². The average molecular weight is 375 g/mol. The van der Waals surface area contributed by atoms with Crippen LogP contribution in [0.15, 0.2) is 54.6 Å². The van der Waals surface area contributed by atoms with Crippen LogP contribution in [-0.4, -0.2) is 35.9 Å².